The zero-order valence-electron chi connectivity index (χ0n) is 21.4. The normalized spacial score (nSPS) is 16.6. The van der Waals surface area contributed by atoms with Gasteiger partial charge in [0.05, 0.1) is 16.4 Å². The number of benzene rings is 5. The van der Waals surface area contributed by atoms with Crippen LogP contribution in [0.25, 0.3) is 71.0 Å². The molecule has 1 atom stereocenters. The smallest absolute Gasteiger partial charge is 0.237 e. The van der Waals surface area contributed by atoms with Gasteiger partial charge in [0.15, 0.2) is 11.7 Å². The topological polar surface area (TPSA) is 46.5 Å². The maximum Gasteiger partial charge on any atom is 0.237 e. The number of allylic oxidation sites excluding steroid dienone is 2. The van der Waals surface area contributed by atoms with Crippen molar-refractivity contribution in [3.05, 3.63) is 115 Å². The number of hydrogen-bond donors (Lipinski definition) is 1. The minimum Gasteiger partial charge on any atom is -0.455 e. The molecule has 1 aliphatic carbocycles. The second-order valence-corrected chi connectivity index (χ2v) is 11.0. The second kappa shape index (κ2) is 7.26. The van der Waals surface area contributed by atoms with E-state index in [1.165, 1.54) is 49.3 Å². The van der Waals surface area contributed by atoms with Crippen molar-refractivity contribution in [2.24, 2.45) is 4.99 Å². The number of hydrogen-bond acceptors (Lipinski definition) is 2. The highest BCUT2D eigenvalue weighted by atomic mass is 16.3. The molecule has 5 aromatic carbocycles. The van der Waals surface area contributed by atoms with Gasteiger partial charge in [-0.2, -0.15) is 0 Å². The summed E-state index contributed by atoms with van der Waals surface area (Å²) in [6.45, 7) is 0. The standard InChI is InChI=1S/C36H21N3O/c1-2-7-21-18-22(13-12-20(21)6-1)23-14-15-24-25-16-17-30-32(35(25)40-31(24)19-23)26-8-5-9-27-33-36(39(30)34(26)27)38-29-11-4-3-10-28(29)37-33/h1-19,29,38H/p+1. The highest BCUT2D eigenvalue weighted by Crippen LogP contribution is 2.47. The van der Waals surface area contributed by atoms with Crippen molar-refractivity contribution in [3.63, 3.8) is 0 Å². The number of fused-ring (bicyclic) bond motifs is 12. The molecule has 1 aliphatic heterocycles. The predicted octanol–water partition coefficient (Wildman–Crippen LogP) is 8.18. The van der Waals surface area contributed by atoms with Crippen LogP contribution in [0, 0.1) is 0 Å². The molecular formula is C36H22N3O+. The zero-order valence-corrected chi connectivity index (χ0v) is 21.4. The number of aromatic nitrogens is 1. The van der Waals surface area contributed by atoms with Crippen LogP contribution in [-0.2, 0) is 0 Å². The molecule has 0 saturated heterocycles. The van der Waals surface area contributed by atoms with Gasteiger partial charge in [0, 0.05) is 21.5 Å². The van der Waals surface area contributed by atoms with Crippen LogP contribution < -0.4 is 5.32 Å². The third-order valence-corrected chi connectivity index (χ3v) is 8.83. The third-order valence-electron chi connectivity index (χ3n) is 8.83. The van der Waals surface area contributed by atoms with Gasteiger partial charge in [0.25, 0.3) is 0 Å². The van der Waals surface area contributed by atoms with Crippen LogP contribution in [0.2, 0.25) is 0 Å². The summed E-state index contributed by atoms with van der Waals surface area (Å²) in [7, 11) is 0. The van der Waals surface area contributed by atoms with Crippen molar-refractivity contribution in [2.75, 3.05) is 0 Å². The monoisotopic (exact) mass is 512 g/mol. The molecule has 0 fully saturated rings. The van der Waals surface area contributed by atoms with Crippen LogP contribution in [-0.4, -0.2) is 16.2 Å². The van der Waals surface area contributed by atoms with Crippen molar-refractivity contribution in [3.8, 4) is 11.1 Å². The van der Waals surface area contributed by atoms with E-state index in [4.69, 9.17) is 9.41 Å². The molecule has 10 rings (SSSR count). The van der Waals surface area contributed by atoms with Gasteiger partial charge in [-0.05, 0) is 64.4 Å². The number of nitrogens with zero attached hydrogens (tertiary/aromatic N) is 2. The van der Waals surface area contributed by atoms with Gasteiger partial charge >= 0.3 is 0 Å². The lowest BCUT2D eigenvalue weighted by molar-refractivity contribution is -0.586. The first-order valence-electron chi connectivity index (χ1n) is 13.8. The molecule has 0 amide bonds. The number of quaternary nitrogens is 1. The first-order chi connectivity index (χ1) is 19.8. The van der Waals surface area contributed by atoms with E-state index in [1.54, 1.807) is 0 Å². The second-order valence-electron chi connectivity index (χ2n) is 11.0. The summed E-state index contributed by atoms with van der Waals surface area (Å²) in [6.07, 6.45) is 8.53. The summed E-state index contributed by atoms with van der Waals surface area (Å²) in [5.74, 6) is 1.17. The number of para-hydroxylation sites is 1. The van der Waals surface area contributed by atoms with E-state index < -0.39 is 0 Å². The fraction of sp³-hybridized carbons (Fsp3) is 0.0278. The van der Waals surface area contributed by atoms with Crippen molar-refractivity contribution < 1.29 is 9.73 Å². The third kappa shape index (κ3) is 2.56. The van der Waals surface area contributed by atoms with Gasteiger partial charge < -0.3 is 4.42 Å². The van der Waals surface area contributed by atoms with E-state index in [9.17, 15) is 0 Å². The molecular weight excluding hydrogens is 490 g/mol. The summed E-state index contributed by atoms with van der Waals surface area (Å²) in [5, 5.41) is 10.7. The Morgan fingerprint density at radius 2 is 1.57 bits per heavy atom. The average molecular weight is 513 g/mol. The Labute approximate surface area is 228 Å². The summed E-state index contributed by atoms with van der Waals surface area (Å²) in [6, 6.07) is 33.0. The fourth-order valence-electron chi connectivity index (χ4n) is 6.99. The van der Waals surface area contributed by atoms with Gasteiger partial charge in [0.1, 0.15) is 16.9 Å². The van der Waals surface area contributed by atoms with Crippen LogP contribution in [0.5, 0.6) is 0 Å². The molecule has 186 valence electrons. The summed E-state index contributed by atoms with van der Waals surface area (Å²) in [4.78, 5) is 5.12. The average Bonchev–Trinajstić information content (AvgIpc) is 3.65. The number of aliphatic imine (C=N–C) groups is 1. The van der Waals surface area contributed by atoms with Crippen LogP contribution in [0.15, 0.2) is 125 Å². The minimum atomic E-state index is 0.203. The van der Waals surface area contributed by atoms with Crippen molar-refractivity contribution in [1.82, 2.24) is 4.40 Å². The molecule has 0 spiro atoms. The van der Waals surface area contributed by atoms with E-state index in [0.29, 0.717) is 0 Å². The van der Waals surface area contributed by atoms with E-state index >= 15 is 0 Å². The Bertz CT molecular complexity index is 2470. The van der Waals surface area contributed by atoms with Crippen LogP contribution >= 0.6 is 0 Å². The van der Waals surface area contributed by atoms with Gasteiger partial charge in [-0.1, -0.05) is 72.8 Å². The van der Waals surface area contributed by atoms with E-state index in [0.717, 1.165) is 38.9 Å². The maximum absolute atomic E-state index is 6.74. The molecule has 2 N–H and O–H groups in total. The Hall–Kier alpha value is -5.19. The van der Waals surface area contributed by atoms with Gasteiger partial charge in [-0.3, -0.25) is 9.72 Å². The summed E-state index contributed by atoms with van der Waals surface area (Å²) >= 11 is 0. The SMILES string of the molecule is C1=CC2=Nc3c(n4c5ccc6c7ccc(-c8ccc9ccccc9c8)cc7oc6c5c5cccc3c54)[NH2+]C2C=C1. The molecule has 4 nitrogen and oxygen atoms in total. The lowest BCUT2D eigenvalue weighted by Gasteiger charge is -2.18. The fourth-order valence-corrected chi connectivity index (χ4v) is 6.99. The molecule has 4 heteroatoms. The van der Waals surface area contributed by atoms with Crippen molar-refractivity contribution in [1.29, 1.82) is 0 Å². The molecule has 3 aromatic heterocycles. The summed E-state index contributed by atoms with van der Waals surface area (Å²) < 4.78 is 9.13. The highest BCUT2D eigenvalue weighted by Gasteiger charge is 2.32. The van der Waals surface area contributed by atoms with Crippen LogP contribution in [0.3, 0.4) is 0 Å². The molecule has 0 bridgehead atoms. The Morgan fingerprint density at radius 3 is 2.55 bits per heavy atom. The molecule has 2 aliphatic rings. The molecule has 0 radical (unpaired) electrons. The maximum atomic E-state index is 6.74. The Morgan fingerprint density at radius 1 is 0.725 bits per heavy atom. The Balaban J connectivity index is 1.24. The van der Waals surface area contributed by atoms with E-state index in [2.05, 4.69) is 125 Å². The zero-order chi connectivity index (χ0) is 25.9. The van der Waals surface area contributed by atoms with E-state index in [-0.39, 0.29) is 6.04 Å². The first kappa shape index (κ1) is 20.7. The van der Waals surface area contributed by atoms with Gasteiger partial charge in [-0.15, -0.1) is 0 Å². The first-order valence-corrected chi connectivity index (χ1v) is 13.8. The molecule has 8 aromatic rings. The molecule has 1 unspecified atom stereocenters. The van der Waals surface area contributed by atoms with Crippen molar-refractivity contribution in [2.45, 2.75) is 6.04 Å². The molecule has 0 saturated carbocycles. The minimum absolute atomic E-state index is 0.203. The van der Waals surface area contributed by atoms with Gasteiger partial charge in [0.2, 0.25) is 5.82 Å². The largest absolute Gasteiger partial charge is 0.455 e. The Kier molecular flexibility index (Phi) is 3.76. The molecule has 40 heavy (non-hydrogen) atoms. The highest BCUT2D eigenvalue weighted by molar-refractivity contribution is 6.28. The van der Waals surface area contributed by atoms with Crippen LogP contribution in [0.1, 0.15) is 0 Å². The lowest BCUT2D eigenvalue weighted by atomic mass is 10.00. The molecule has 4 heterocycles. The van der Waals surface area contributed by atoms with Gasteiger partial charge in [-0.25, -0.2) is 4.99 Å². The van der Waals surface area contributed by atoms with Crippen LogP contribution in [0.4, 0.5) is 11.5 Å². The summed E-state index contributed by atoms with van der Waals surface area (Å²) in [5.41, 5.74) is 8.79. The quantitative estimate of drug-likeness (QED) is 0.237. The lowest BCUT2D eigenvalue weighted by Crippen LogP contribution is -2.87. The number of furan rings is 1. The number of nitrogens with two attached hydrogens (primary N) is 1. The predicted molar refractivity (Wildman–Crippen MR) is 165 cm³/mol. The van der Waals surface area contributed by atoms with Crippen molar-refractivity contribution >= 4 is 77.1 Å². The number of rotatable bonds is 1. The van der Waals surface area contributed by atoms with E-state index in [1.807, 2.05) is 0 Å².